The molecule has 3 rings (SSSR count). The van der Waals surface area contributed by atoms with E-state index in [1.807, 2.05) is 11.9 Å². The second kappa shape index (κ2) is 7.61. The van der Waals surface area contributed by atoms with E-state index < -0.39 is 11.6 Å². The second-order valence-corrected chi connectivity index (χ2v) is 6.05. The Kier molecular flexibility index (Phi) is 5.28. The summed E-state index contributed by atoms with van der Waals surface area (Å²) in [5.74, 6) is -1.23. The predicted molar refractivity (Wildman–Crippen MR) is 90.9 cm³/mol. The summed E-state index contributed by atoms with van der Waals surface area (Å²) in [6.07, 6.45) is 2.01. The van der Waals surface area contributed by atoms with Crippen molar-refractivity contribution < 1.29 is 18.3 Å². The summed E-state index contributed by atoms with van der Waals surface area (Å²) in [6.45, 7) is 1.54. The zero-order chi connectivity index (χ0) is 17.8. The highest BCUT2D eigenvalue weighted by atomic mass is 19.2. The van der Waals surface area contributed by atoms with Crippen molar-refractivity contribution in [3.63, 3.8) is 0 Å². The van der Waals surface area contributed by atoms with E-state index in [0.717, 1.165) is 38.1 Å². The van der Waals surface area contributed by atoms with Gasteiger partial charge >= 0.3 is 0 Å². The van der Waals surface area contributed by atoms with Crippen molar-refractivity contribution in [3.05, 3.63) is 59.7 Å². The molecular formula is C19H20F2N2O2. The average Bonchev–Trinajstić information content (AvgIpc) is 3.07. The number of halogens is 2. The minimum absolute atomic E-state index is 0.00266. The Bertz CT molecular complexity index is 750. The lowest BCUT2D eigenvalue weighted by atomic mass is 10.1. The van der Waals surface area contributed by atoms with Crippen LogP contribution in [0.15, 0.2) is 42.5 Å². The minimum atomic E-state index is -0.964. The summed E-state index contributed by atoms with van der Waals surface area (Å²) in [4.78, 5) is 14.5. The van der Waals surface area contributed by atoms with E-state index >= 15 is 0 Å². The maximum Gasteiger partial charge on any atom is 0.254 e. The molecule has 1 saturated heterocycles. The summed E-state index contributed by atoms with van der Waals surface area (Å²) >= 11 is 0. The molecule has 2 aromatic rings. The Labute approximate surface area is 145 Å². The SMILES string of the molecule is CNCC1CCCN1C(=O)c1ccc(Oc2ccc(F)c(F)c2)cc1. The summed E-state index contributed by atoms with van der Waals surface area (Å²) in [7, 11) is 1.88. The van der Waals surface area contributed by atoms with Gasteiger partial charge in [0.05, 0.1) is 0 Å². The van der Waals surface area contributed by atoms with Gasteiger partial charge in [-0.1, -0.05) is 0 Å². The second-order valence-electron chi connectivity index (χ2n) is 6.05. The van der Waals surface area contributed by atoms with Crippen molar-refractivity contribution in [2.24, 2.45) is 0 Å². The van der Waals surface area contributed by atoms with E-state index in [4.69, 9.17) is 4.74 Å². The van der Waals surface area contributed by atoms with Gasteiger partial charge in [-0.05, 0) is 56.3 Å². The molecule has 1 aliphatic heterocycles. The molecule has 2 aromatic carbocycles. The molecule has 1 aliphatic rings. The maximum atomic E-state index is 13.2. The number of ether oxygens (including phenoxy) is 1. The molecule has 25 heavy (non-hydrogen) atoms. The minimum Gasteiger partial charge on any atom is -0.457 e. The first kappa shape index (κ1) is 17.4. The van der Waals surface area contributed by atoms with Crippen LogP contribution in [-0.4, -0.2) is 37.0 Å². The number of nitrogens with one attached hydrogen (secondary N) is 1. The summed E-state index contributed by atoms with van der Waals surface area (Å²) in [6, 6.07) is 10.2. The van der Waals surface area contributed by atoms with Gasteiger partial charge < -0.3 is 15.0 Å². The fraction of sp³-hybridized carbons (Fsp3) is 0.316. The Hall–Kier alpha value is -2.47. The van der Waals surface area contributed by atoms with Gasteiger partial charge in [0.15, 0.2) is 11.6 Å². The van der Waals surface area contributed by atoms with Crippen molar-refractivity contribution in [1.29, 1.82) is 0 Å². The monoisotopic (exact) mass is 346 g/mol. The maximum absolute atomic E-state index is 13.2. The molecule has 6 heteroatoms. The van der Waals surface area contributed by atoms with Crippen molar-refractivity contribution in [2.75, 3.05) is 20.1 Å². The fourth-order valence-corrected chi connectivity index (χ4v) is 3.06. The van der Waals surface area contributed by atoms with Crippen LogP contribution in [0.2, 0.25) is 0 Å². The number of hydrogen-bond acceptors (Lipinski definition) is 3. The molecule has 0 bridgehead atoms. The smallest absolute Gasteiger partial charge is 0.254 e. The van der Waals surface area contributed by atoms with E-state index in [1.54, 1.807) is 24.3 Å². The molecule has 0 saturated carbocycles. The Morgan fingerprint density at radius 3 is 2.56 bits per heavy atom. The van der Waals surface area contributed by atoms with Crippen LogP contribution in [-0.2, 0) is 0 Å². The Morgan fingerprint density at radius 2 is 1.88 bits per heavy atom. The van der Waals surface area contributed by atoms with Crippen LogP contribution in [0, 0.1) is 11.6 Å². The highest BCUT2D eigenvalue weighted by molar-refractivity contribution is 5.94. The van der Waals surface area contributed by atoms with Crippen molar-refractivity contribution in [2.45, 2.75) is 18.9 Å². The highest BCUT2D eigenvalue weighted by Crippen LogP contribution is 2.25. The molecule has 4 nitrogen and oxygen atoms in total. The van der Waals surface area contributed by atoms with Crippen LogP contribution in [0.25, 0.3) is 0 Å². The number of carbonyl (C=O) groups excluding carboxylic acids is 1. The standard InChI is InChI=1S/C19H20F2N2O2/c1-22-12-14-3-2-10-23(14)19(24)13-4-6-15(7-5-13)25-16-8-9-17(20)18(21)11-16/h4-9,11,14,22H,2-3,10,12H2,1H3. The third-order valence-electron chi connectivity index (χ3n) is 4.31. The van der Waals surface area contributed by atoms with E-state index in [2.05, 4.69) is 5.32 Å². The largest absolute Gasteiger partial charge is 0.457 e. The van der Waals surface area contributed by atoms with Crippen LogP contribution in [0.5, 0.6) is 11.5 Å². The third-order valence-corrected chi connectivity index (χ3v) is 4.31. The summed E-state index contributed by atoms with van der Waals surface area (Å²) in [5, 5.41) is 3.12. The van der Waals surface area contributed by atoms with Crippen LogP contribution >= 0.6 is 0 Å². The zero-order valence-electron chi connectivity index (χ0n) is 14.0. The zero-order valence-corrected chi connectivity index (χ0v) is 14.0. The first-order chi connectivity index (χ1) is 12.1. The normalized spacial score (nSPS) is 16.9. The topological polar surface area (TPSA) is 41.6 Å². The number of likely N-dealkylation sites (N-methyl/N-ethyl adjacent to an activating group) is 1. The number of hydrogen-bond donors (Lipinski definition) is 1. The molecule has 1 unspecified atom stereocenters. The highest BCUT2D eigenvalue weighted by Gasteiger charge is 2.28. The molecule has 0 spiro atoms. The first-order valence-corrected chi connectivity index (χ1v) is 8.27. The fourth-order valence-electron chi connectivity index (χ4n) is 3.06. The molecule has 1 fully saturated rings. The quantitative estimate of drug-likeness (QED) is 0.900. The van der Waals surface area contributed by atoms with Crippen molar-refractivity contribution in [1.82, 2.24) is 10.2 Å². The van der Waals surface area contributed by atoms with E-state index in [0.29, 0.717) is 11.3 Å². The molecule has 0 radical (unpaired) electrons. The van der Waals surface area contributed by atoms with Gasteiger partial charge in [0, 0.05) is 30.8 Å². The van der Waals surface area contributed by atoms with Gasteiger partial charge in [0.25, 0.3) is 5.91 Å². The molecule has 132 valence electrons. The van der Waals surface area contributed by atoms with Gasteiger partial charge in [0.2, 0.25) is 0 Å². The first-order valence-electron chi connectivity index (χ1n) is 8.27. The molecule has 1 atom stereocenters. The molecule has 1 amide bonds. The summed E-state index contributed by atoms with van der Waals surface area (Å²) in [5.41, 5.74) is 0.584. The van der Waals surface area contributed by atoms with Crippen LogP contribution in [0.4, 0.5) is 8.78 Å². The molecular weight excluding hydrogens is 326 g/mol. The van der Waals surface area contributed by atoms with E-state index in [1.165, 1.54) is 6.07 Å². The van der Waals surface area contributed by atoms with Gasteiger partial charge in [-0.3, -0.25) is 4.79 Å². The summed E-state index contributed by atoms with van der Waals surface area (Å²) < 4.78 is 31.6. The lowest BCUT2D eigenvalue weighted by Crippen LogP contribution is -2.40. The van der Waals surface area contributed by atoms with E-state index in [9.17, 15) is 13.6 Å². The van der Waals surface area contributed by atoms with Crippen molar-refractivity contribution >= 4 is 5.91 Å². The van der Waals surface area contributed by atoms with Crippen LogP contribution in [0.3, 0.4) is 0 Å². The van der Waals surface area contributed by atoms with Gasteiger partial charge in [-0.2, -0.15) is 0 Å². The number of rotatable bonds is 5. The molecule has 0 aliphatic carbocycles. The van der Waals surface area contributed by atoms with Crippen LogP contribution < -0.4 is 10.1 Å². The van der Waals surface area contributed by atoms with Gasteiger partial charge in [-0.25, -0.2) is 8.78 Å². The van der Waals surface area contributed by atoms with Gasteiger partial charge in [-0.15, -0.1) is 0 Å². The Morgan fingerprint density at radius 1 is 1.16 bits per heavy atom. The molecule has 0 aromatic heterocycles. The Balaban J connectivity index is 1.69. The average molecular weight is 346 g/mol. The molecule has 1 N–H and O–H groups in total. The van der Waals surface area contributed by atoms with E-state index in [-0.39, 0.29) is 17.7 Å². The number of nitrogens with zero attached hydrogens (tertiary/aromatic N) is 1. The number of carbonyl (C=O) groups is 1. The van der Waals surface area contributed by atoms with Crippen LogP contribution in [0.1, 0.15) is 23.2 Å². The number of amides is 1. The number of benzene rings is 2. The predicted octanol–water partition coefficient (Wildman–Crippen LogP) is 3.58. The van der Waals surface area contributed by atoms with Gasteiger partial charge in [0.1, 0.15) is 11.5 Å². The number of likely N-dealkylation sites (tertiary alicyclic amines) is 1. The molecule has 1 heterocycles. The lowest BCUT2D eigenvalue weighted by molar-refractivity contribution is 0.0737. The lowest BCUT2D eigenvalue weighted by Gasteiger charge is -2.24. The van der Waals surface area contributed by atoms with Crippen molar-refractivity contribution in [3.8, 4) is 11.5 Å². The third kappa shape index (κ3) is 3.96.